The molecule has 8 nitrogen and oxygen atoms in total. The molecule has 0 fully saturated rings. The number of ether oxygens (including phenoxy) is 4. The van der Waals surface area contributed by atoms with E-state index >= 15 is 0 Å². The number of esters is 1. The molecule has 1 aromatic heterocycles. The number of aromatic nitrogens is 1. The summed E-state index contributed by atoms with van der Waals surface area (Å²) in [5.74, 6) is 1.31. The van der Waals surface area contributed by atoms with Crippen molar-refractivity contribution in [3.8, 4) is 17.2 Å². The van der Waals surface area contributed by atoms with Crippen molar-refractivity contribution in [3.05, 3.63) is 131 Å². The summed E-state index contributed by atoms with van der Waals surface area (Å²) in [5, 5.41) is 2.37. The van der Waals surface area contributed by atoms with Gasteiger partial charge in [-0.1, -0.05) is 59.9 Å². The Balaban J connectivity index is 1.32. The smallest absolute Gasteiger partial charge is 0.337 e. The molecular formula is C36H31IN2O6S. The van der Waals surface area contributed by atoms with Crippen molar-refractivity contribution in [1.82, 2.24) is 4.57 Å². The van der Waals surface area contributed by atoms with Crippen LogP contribution in [0.2, 0.25) is 0 Å². The molecule has 2 heterocycles. The van der Waals surface area contributed by atoms with E-state index in [0.29, 0.717) is 46.2 Å². The van der Waals surface area contributed by atoms with Gasteiger partial charge in [-0.2, -0.15) is 0 Å². The summed E-state index contributed by atoms with van der Waals surface area (Å²) in [5.41, 5.74) is 2.59. The first-order valence-corrected chi connectivity index (χ1v) is 16.7. The van der Waals surface area contributed by atoms with Crippen molar-refractivity contribution in [2.45, 2.75) is 26.5 Å². The average Bonchev–Trinajstić information content (AvgIpc) is 3.39. The highest BCUT2D eigenvalue weighted by molar-refractivity contribution is 14.1. The van der Waals surface area contributed by atoms with Crippen LogP contribution in [0.15, 0.2) is 100 Å². The second-order valence-corrected chi connectivity index (χ2v) is 12.6. The summed E-state index contributed by atoms with van der Waals surface area (Å²) in [6.07, 6.45) is 3.31. The minimum Gasteiger partial charge on any atom is -0.490 e. The van der Waals surface area contributed by atoms with Gasteiger partial charge in [0.25, 0.3) is 5.56 Å². The molecule has 0 radical (unpaired) electrons. The van der Waals surface area contributed by atoms with Crippen LogP contribution < -0.4 is 29.1 Å². The molecule has 1 aliphatic rings. The van der Waals surface area contributed by atoms with Crippen LogP contribution in [0, 0.1) is 3.57 Å². The monoisotopic (exact) mass is 746 g/mol. The van der Waals surface area contributed by atoms with Crippen LogP contribution in [0.1, 0.15) is 36.6 Å². The maximum atomic E-state index is 14.0. The highest BCUT2D eigenvalue weighted by Gasteiger charge is 2.31. The lowest BCUT2D eigenvalue weighted by Gasteiger charge is -2.23. The molecule has 4 aromatic carbocycles. The van der Waals surface area contributed by atoms with Crippen molar-refractivity contribution in [3.63, 3.8) is 0 Å². The molecule has 1 aliphatic heterocycles. The predicted octanol–water partition coefficient (Wildman–Crippen LogP) is 6.15. The predicted molar refractivity (Wildman–Crippen MR) is 187 cm³/mol. The molecule has 234 valence electrons. The summed E-state index contributed by atoms with van der Waals surface area (Å²) < 4.78 is 25.7. The summed E-state index contributed by atoms with van der Waals surface area (Å²) in [6.45, 7) is 5.12. The number of carbonyl (C=O) groups is 1. The molecule has 6 rings (SSSR count). The van der Waals surface area contributed by atoms with Crippen molar-refractivity contribution in [2.24, 2.45) is 4.99 Å². The first-order valence-electron chi connectivity index (χ1n) is 14.8. The number of rotatable bonds is 10. The second kappa shape index (κ2) is 13.9. The molecule has 0 bridgehead atoms. The maximum Gasteiger partial charge on any atom is 0.337 e. The van der Waals surface area contributed by atoms with Gasteiger partial charge in [0.2, 0.25) is 0 Å². The van der Waals surface area contributed by atoms with Crippen LogP contribution in [0.5, 0.6) is 17.2 Å². The van der Waals surface area contributed by atoms with Crippen molar-refractivity contribution < 1.29 is 23.7 Å². The number of nitrogens with zero attached hydrogens (tertiary/aromatic N) is 2. The van der Waals surface area contributed by atoms with Crippen LogP contribution in [0.3, 0.4) is 0 Å². The largest absolute Gasteiger partial charge is 0.490 e. The van der Waals surface area contributed by atoms with Gasteiger partial charge in [-0.05, 0) is 100 Å². The van der Waals surface area contributed by atoms with Crippen LogP contribution >= 0.6 is 33.9 Å². The Bertz CT molecular complexity index is 2150. The first-order chi connectivity index (χ1) is 22.4. The van der Waals surface area contributed by atoms with Gasteiger partial charge in [0.1, 0.15) is 12.4 Å². The van der Waals surface area contributed by atoms with E-state index < -0.39 is 12.0 Å². The molecule has 5 aromatic rings. The first kappa shape index (κ1) is 31.6. The van der Waals surface area contributed by atoms with E-state index in [1.807, 2.05) is 56.3 Å². The van der Waals surface area contributed by atoms with Crippen LogP contribution in [0.25, 0.3) is 16.8 Å². The topological polar surface area (TPSA) is 88.4 Å². The van der Waals surface area contributed by atoms with Gasteiger partial charge in [0.05, 0.1) is 40.0 Å². The summed E-state index contributed by atoms with van der Waals surface area (Å²) in [4.78, 5) is 31.8. The molecule has 0 amide bonds. The zero-order valence-corrected chi connectivity index (χ0v) is 28.5. The molecule has 1 atom stereocenters. The minimum absolute atomic E-state index is 0.246. The maximum absolute atomic E-state index is 14.0. The number of methoxy groups -OCH3 is 1. The fraction of sp³-hybridized carbons (Fsp3) is 0.194. The number of hydrogen-bond donors (Lipinski definition) is 0. The van der Waals surface area contributed by atoms with E-state index in [9.17, 15) is 9.59 Å². The Morgan fingerprint density at radius 2 is 1.67 bits per heavy atom. The third-order valence-corrected chi connectivity index (χ3v) is 9.31. The lowest BCUT2D eigenvalue weighted by atomic mass is 9.97. The van der Waals surface area contributed by atoms with Crippen LogP contribution in [-0.4, -0.2) is 30.9 Å². The normalized spacial score (nSPS) is 14.3. The van der Waals surface area contributed by atoms with Gasteiger partial charge >= 0.3 is 5.97 Å². The van der Waals surface area contributed by atoms with Gasteiger partial charge in [0, 0.05) is 6.20 Å². The molecule has 0 unspecified atom stereocenters. The molecule has 46 heavy (non-hydrogen) atoms. The Morgan fingerprint density at radius 3 is 2.43 bits per heavy atom. The number of benzene rings is 4. The average molecular weight is 747 g/mol. The molecule has 0 saturated carbocycles. The minimum atomic E-state index is -0.758. The SMILES string of the molecule is CCOc1ccc([C@H]2C(C(=O)OC)=CN=c3s/c(=C\c4ccc(OCc5ccc6ccccc6c5)c(I)c4)c(=O)n32)cc1OCC. The lowest BCUT2D eigenvalue weighted by Crippen LogP contribution is -2.39. The number of fused-ring (bicyclic) bond motifs is 2. The van der Waals surface area contributed by atoms with Gasteiger partial charge in [-0.15, -0.1) is 0 Å². The molecule has 0 N–H and O–H groups in total. The van der Waals surface area contributed by atoms with Crippen molar-refractivity contribution in [2.75, 3.05) is 20.3 Å². The number of carbonyl (C=O) groups excluding carboxylic acids is 1. The van der Waals surface area contributed by atoms with Gasteiger partial charge in [-0.3, -0.25) is 9.36 Å². The third-order valence-electron chi connectivity index (χ3n) is 7.47. The summed E-state index contributed by atoms with van der Waals surface area (Å²) in [6, 6.07) is 25.1. The van der Waals surface area contributed by atoms with E-state index in [4.69, 9.17) is 18.9 Å². The van der Waals surface area contributed by atoms with E-state index in [-0.39, 0.29) is 11.1 Å². The van der Waals surface area contributed by atoms with E-state index in [1.54, 1.807) is 16.7 Å². The van der Waals surface area contributed by atoms with E-state index in [2.05, 4.69) is 57.9 Å². The highest BCUT2D eigenvalue weighted by Crippen LogP contribution is 2.35. The van der Waals surface area contributed by atoms with Gasteiger partial charge < -0.3 is 18.9 Å². The third kappa shape index (κ3) is 6.45. The van der Waals surface area contributed by atoms with Gasteiger partial charge in [0.15, 0.2) is 16.3 Å². The molecule has 0 aliphatic carbocycles. The standard InChI is InChI=1S/C36H31IN2O6S/c1-4-43-30-15-13-26(19-31(30)44-5-2)33-27(35(41)42-3)20-38-36-39(33)34(40)32(46-36)18-22-11-14-29(28(37)17-22)45-21-23-10-12-24-8-6-7-9-25(24)16-23/h6-20,33H,4-5,21H2,1-3H3/b32-18-/t33-/m0/s1. The van der Waals surface area contributed by atoms with E-state index in [1.165, 1.54) is 35.4 Å². The Labute approximate surface area is 283 Å². The summed E-state index contributed by atoms with van der Waals surface area (Å²) >= 11 is 3.51. The highest BCUT2D eigenvalue weighted by atomic mass is 127. The quantitative estimate of drug-likeness (QED) is 0.126. The van der Waals surface area contributed by atoms with Gasteiger partial charge in [-0.25, -0.2) is 9.79 Å². The molecule has 0 spiro atoms. The van der Waals surface area contributed by atoms with E-state index in [0.717, 1.165) is 20.4 Å². The lowest BCUT2D eigenvalue weighted by molar-refractivity contribution is -0.136. The Hall–Kier alpha value is -4.42. The zero-order valence-electron chi connectivity index (χ0n) is 25.5. The number of halogens is 1. The molecule has 0 saturated heterocycles. The molecular weight excluding hydrogens is 715 g/mol. The fourth-order valence-electron chi connectivity index (χ4n) is 5.35. The second-order valence-electron chi connectivity index (χ2n) is 10.4. The van der Waals surface area contributed by atoms with Crippen molar-refractivity contribution in [1.29, 1.82) is 0 Å². The summed E-state index contributed by atoms with van der Waals surface area (Å²) in [7, 11) is 1.31. The number of hydrogen-bond acceptors (Lipinski definition) is 8. The fourth-order valence-corrected chi connectivity index (χ4v) is 7.02. The Kier molecular flexibility index (Phi) is 9.55. The zero-order chi connectivity index (χ0) is 32.2. The van der Waals surface area contributed by atoms with Crippen LogP contribution in [-0.2, 0) is 16.1 Å². The Morgan fingerprint density at radius 1 is 0.913 bits per heavy atom. The van der Waals surface area contributed by atoms with Crippen LogP contribution in [0.4, 0.5) is 0 Å². The van der Waals surface area contributed by atoms with Crippen molar-refractivity contribution >= 4 is 56.7 Å². The number of thiazole rings is 1. The molecule has 10 heteroatoms.